The fraction of sp³-hybridized carbons (Fsp3) is 0.700. The molecule has 0 atom stereocenters. The Morgan fingerprint density at radius 1 is 1.57 bits per heavy atom. The molecule has 1 aliphatic carbocycles. The molecular weight excluding hydrogens is 196 g/mol. The number of aromatic nitrogens is 2. The molecule has 1 fully saturated rings. The van der Waals surface area contributed by atoms with Gasteiger partial charge < -0.3 is 0 Å². The summed E-state index contributed by atoms with van der Waals surface area (Å²) >= 11 is 1.37. The number of hydrogen-bond donors (Lipinski definition) is 0. The lowest BCUT2D eigenvalue weighted by molar-refractivity contribution is -0.119. The highest BCUT2D eigenvalue weighted by Crippen LogP contribution is 2.31. The van der Waals surface area contributed by atoms with Gasteiger partial charge in [0.25, 0.3) is 0 Å². The molecule has 4 heteroatoms. The van der Waals surface area contributed by atoms with Crippen molar-refractivity contribution in [3.05, 3.63) is 10.8 Å². The Kier molecular flexibility index (Phi) is 2.63. The number of hydrogen-bond acceptors (Lipinski definition) is 4. The summed E-state index contributed by atoms with van der Waals surface area (Å²) in [6.07, 6.45) is 2.65. The minimum absolute atomic E-state index is 0.335. The monoisotopic (exact) mass is 210 g/mol. The molecule has 0 bridgehead atoms. The van der Waals surface area contributed by atoms with Crippen molar-refractivity contribution in [3.63, 3.8) is 0 Å². The zero-order chi connectivity index (χ0) is 10.1. The first-order valence-electron chi connectivity index (χ1n) is 5.02. The van der Waals surface area contributed by atoms with E-state index < -0.39 is 0 Å². The van der Waals surface area contributed by atoms with Crippen molar-refractivity contribution in [1.29, 1.82) is 0 Å². The molecule has 0 N–H and O–H groups in total. The summed E-state index contributed by atoms with van der Waals surface area (Å²) in [7, 11) is 0. The molecule has 1 saturated carbocycles. The van der Waals surface area contributed by atoms with Gasteiger partial charge in [0.05, 0.1) is 6.42 Å². The quantitative estimate of drug-likeness (QED) is 0.765. The molecule has 0 radical (unpaired) electrons. The van der Waals surface area contributed by atoms with Gasteiger partial charge >= 0.3 is 0 Å². The highest BCUT2D eigenvalue weighted by molar-refractivity contribution is 7.05. The van der Waals surface area contributed by atoms with Crippen molar-refractivity contribution in [1.82, 2.24) is 9.36 Å². The van der Waals surface area contributed by atoms with Crippen LogP contribution in [0, 0.1) is 5.92 Å². The molecule has 3 nitrogen and oxygen atoms in total. The van der Waals surface area contributed by atoms with Crippen LogP contribution >= 0.6 is 11.5 Å². The molecular formula is C10H14N2OS. The van der Waals surface area contributed by atoms with Crippen LogP contribution in [0.3, 0.4) is 0 Å². The molecule has 14 heavy (non-hydrogen) atoms. The van der Waals surface area contributed by atoms with Crippen molar-refractivity contribution in [2.45, 2.75) is 39.0 Å². The van der Waals surface area contributed by atoms with Crippen LogP contribution in [0.15, 0.2) is 0 Å². The van der Waals surface area contributed by atoms with E-state index in [1.54, 1.807) is 0 Å². The van der Waals surface area contributed by atoms with Crippen LogP contribution in [-0.4, -0.2) is 15.1 Å². The third kappa shape index (κ3) is 2.18. The van der Waals surface area contributed by atoms with Gasteiger partial charge in [0.15, 0.2) is 0 Å². The van der Waals surface area contributed by atoms with Crippen LogP contribution in [0.25, 0.3) is 0 Å². The van der Waals surface area contributed by atoms with E-state index >= 15 is 0 Å². The Balaban J connectivity index is 1.98. The smallest absolute Gasteiger partial charge is 0.145 e. The van der Waals surface area contributed by atoms with E-state index in [1.165, 1.54) is 11.5 Å². The lowest BCUT2D eigenvalue weighted by Gasteiger charge is -1.95. The lowest BCUT2D eigenvalue weighted by Crippen LogP contribution is -2.04. The van der Waals surface area contributed by atoms with E-state index in [0.29, 0.717) is 24.0 Å². The zero-order valence-corrected chi connectivity index (χ0v) is 9.30. The van der Waals surface area contributed by atoms with Gasteiger partial charge in [-0.3, -0.25) is 4.79 Å². The predicted octanol–water partition coefficient (Wildman–Crippen LogP) is 2.18. The fourth-order valence-corrected chi connectivity index (χ4v) is 2.06. The topological polar surface area (TPSA) is 42.9 Å². The van der Waals surface area contributed by atoms with Gasteiger partial charge in [0, 0.05) is 11.8 Å². The van der Waals surface area contributed by atoms with Crippen LogP contribution in [-0.2, 0) is 11.2 Å². The van der Waals surface area contributed by atoms with Crippen molar-refractivity contribution in [3.8, 4) is 0 Å². The van der Waals surface area contributed by atoms with Crippen LogP contribution in [0.2, 0.25) is 0 Å². The maximum Gasteiger partial charge on any atom is 0.145 e. The zero-order valence-electron chi connectivity index (χ0n) is 8.49. The fourth-order valence-electron chi connectivity index (χ4n) is 1.27. The second-order valence-electron chi connectivity index (χ2n) is 4.12. The van der Waals surface area contributed by atoms with Gasteiger partial charge in [-0.25, -0.2) is 4.98 Å². The van der Waals surface area contributed by atoms with Crippen molar-refractivity contribution < 1.29 is 4.79 Å². The van der Waals surface area contributed by atoms with Crippen LogP contribution in [0.1, 0.15) is 43.4 Å². The molecule has 1 aromatic rings. The maximum atomic E-state index is 11.5. The van der Waals surface area contributed by atoms with Crippen molar-refractivity contribution >= 4 is 17.3 Å². The Hall–Kier alpha value is -0.770. The predicted molar refractivity (Wildman–Crippen MR) is 55.4 cm³/mol. The number of ketones is 1. The normalized spacial score (nSPS) is 16.2. The summed E-state index contributed by atoms with van der Waals surface area (Å²) in [6, 6.07) is 0. The van der Waals surface area contributed by atoms with Crippen molar-refractivity contribution in [2.75, 3.05) is 0 Å². The first-order valence-corrected chi connectivity index (χ1v) is 5.79. The van der Waals surface area contributed by atoms with E-state index in [4.69, 9.17) is 0 Å². The van der Waals surface area contributed by atoms with Crippen LogP contribution in [0.5, 0.6) is 0 Å². The number of carbonyl (C=O) groups excluding carboxylic acids is 1. The van der Waals surface area contributed by atoms with E-state index in [0.717, 1.165) is 23.7 Å². The molecule has 1 aromatic heterocycles. The van der Waals surface area contributed by atoms with Gasteiger partial charge in [0.1, 0.15) is 16.6 Å². The summed E-state index contributed by atoms with van der Waals surface area (Å²) in [4.78, 5) is 15.8. The Labute approximate surface area is 87.7 Å². The molecule has 0 amide bonds. The molecule has 2 rings (SSSR count). The Morgan fingerprint density at radius 2 is 2.29 bits per heavy atom. The maximum absolute atomic E-state index is 11.5. The number of rotatable bonds is 4. The van der Waals surface area contributed by atoms with E-state index in [1.807, 2.05) is 0 Å². The number of carbonyl (C=O) groups is 1. The molecule has 76 valence electrons. The van der Waals surface area contributed by atoms with Gasteiger partial charge in [-0.15, -0.1) is 0 Å². The van der Waals surface area contributed by atoms with Crippen LogP contribution < -0.4 is 0 Å². The molecule has 0 unspecified atom stereocenters. The highest BCUT2D eigenvalue weighted by atomic mass is 32.1. The summed E-state index contributed by atoms with van der Waals surface area (Å²) in [5, 5.41) is 0.880. The second-order valence-corrected chi connectivity index (χ2v) is 4.95. The largest absolute Gasteiger partial charge is 0.299 e. The Bertz CT molecular complexity index is 342. The third-order valence-corrected chi connectivity index (χ3v) is 3.08. The van der Waals surface area contributed by atoms with Crippen LogP contribution in [0.4, 0.5) is 0 Å². The molecule has 0 saturated heterocycles. The summed E-state index contributed by atoms with van der Waals surface area (Å²) < 4.78 is 4.23. The SMILES string of the molecule is CC(C)c1nsc(CC(=O)C2CC2)n1. The highest BCUT2D eigenvalue weighted by Gasteiger charge is 2.29. The van der Waals surface area contributed by atoms with Gasteiger partial charge in [-0.2, -0.15) is 4.37 Å². The molecule has 0 aliphatic heterocycles. The molecule has 1 heterocycles. The van der Waals surface area contributed by atoms with Crippen molar-refractivity contribution in [2.24, 2.45) is 5.92 Å². The number of nitrogens with zero attached hydrogens (tertiary/aromatic N) is 2. The standard InChI is InChI=1S/C10H14N2OS/c1-6(2)10-11-9(14-12-10)5-8(13)7-3-4-7/h6-7H,3-5H2,1-2H3. The average molecular weight is 210 g/mol. The van der Waals surface area contributed by atoms with E-state index in [2.05, 4.69) is 23.2 Å². The Morgan fingerprint density at radius 3 is 2.79 bits per heavy atom. The average Bonchev–Trinajstić information content (AvgIpc) is 2.87. The first-order chi connectivity index (χ1) is 6.66. The van der Waals surface area contributed by atoms with E-state index in [-0.39, 0.29) is 0 Å². The van der Waals surface area contributed by atoms with Gasteiger partial charge in [0.2, 0.25) is 0 Å². The van der Waals surface area contributed by atoms with Gasteiger partial charge in [-0.1, -0.05) is 13.8 Å². The second kappa shape index (κ2) is 3.77. The summed E-state index contributed by atoms with van der Waals surface area (Å²) in [5.41, 5.74) is 0. The minimum Gasteiger partial charge on any atom is -0.299 e. The lowest BCUT2D eigenvalue weighted by atomic mass is 10.2. The minimum atomic E-state index is 0.335. The molecule has 0 aromatic carbocycles. The van der Waals surface area contributed by atoms with Gasteiger partial charge in [-0.05, 0) is 24.4 Å². The first kappa shape index (κ1) is 9.77. The number of Topliss-reactive ketones (excluding diaryl/α,β-unsaturated/α-hetero) is 1. The summed E-state index contributed by atoms with van der Waals surface area (Å²) in [5.74, 6) is 1.91. The molecule has 0 spiro atoms. The van der Waals surface area contributed by atoms with E-state index in [9.17, 15) is 4.79 Å². The molecule has 1 aliphatic rings. The summed E-state index contributed by atoms with van der Waals surface area (Å²) in [6.45, 7) is 4.13. The third-order valence-electron chi connectivity index (χ3n) is 2.36.